The monoisotopic (exact) mass is 406 g/mol. The first-order valence-corrected chi connectivity index (χ1v) is 7.63. The minimum Gasteiger partial charge on any atom is -0.384 e. The maximum Gasteiger partial charge on any atom is 0.105 e. The molecule has 0 saturated carbocycles. The summed E-state index contributed by atoms with van der Waals surface area (Å²) in [7, 11) is 0. The highest BCUT2D eigenvalue weighted by Crippen LogP contribution is 2.32. The van der Waals surface area contributed by atoms with Crippen LogP contribution in [0.2, 0.25) is 10.0 Å². The highest BCUT2D eigenvalue weighted by atomic mass is 127. The van der Waals surface area contributed by atoms with Crippen molar-refractivity contribution in [2.75, 3.05) is 0 Å². The van der Waals surface area contributed by atoms with Crippen LogP contribution in [0.4, 0.5) is 0 Å². The molecule has 100 valence electrons. The lowest BCUT2D eigenvalue weighted by Gasteiger charge is -2.17. The molecular weight excluding hydrogens is 394 g/mol. The predicted molar refractivity (Wildman–Crippen MR) is 89.2 cm³/mol. The number of rotatable bonds is 2. The second-order valence-corrected chi connectivity index (χ2v) is 6.53. The van der Waals surface area contributed by atoms with Crippen LogP contribution in [0.1, 0.15) is 28.4 Å². The second-order valence-electron chi connectivity index (χ2n) is 4.53. The Hall–Kier alpha value is -0.290. The molecule has 0 radical (unpaired) electrons. The zero-order valence-electron chi connectivity index (χ0n) is 10.5. The van der Waals surface area contributed by atoms with Crippen molar-refractivity contribution in [3.8, 4) is 0 Å². The van der Waals surface area contributed by atoms with Crippen molar-refractivity contribution in [1.82, 2.24) is 0 Å². The summed E-state index contributed by atoms with van der Waals surface area (Å²) in [4.78, 5) is 0. The average Bonchev–Trinajstić information content (AvgIpc) is 2.36. The number of aliphatic hydroxyl groups excluding tert-OH is 1. The Balaban J connectivity index is 2.52. The average molecular weight is 407 g/mol. The van der Waals surface area contributed by atoms with Gasteiger partial charge in [-0.25, -0.2) is 0 Å². The van der Waals surface area contributed by atoms with Crippen molar-refractivity contribution in [2.24, 2.45) is 0 Å². The van der Waals surface area contributed by atoms with E-state index in [0.717, 1.165) is 25.8 Å². The van der Waals surface area contributed by atoms with E-state index in [0.29, 0.717) is 10.0 Å². The molecule has 0 heterocycles. The minimum absolute atomic E-state index is 0.623. The van der Waals surface area contributed by atoms with Gasteiger partial charge in [0.2, 0.25) is 0 Å². The molecule has 1 N–H and O–H groups in total. The van der Waals surface area contributed by atoms with Crippen LogP contribution in [0.25, 0.3) is 0 Å². The van der Waals surface area contributed by atoms with Gasteiger partial charge in [0.05, 0.1) is 0 Å². The van der Waals surface area contributed by atoms with Gasteiger partial charge in [0.25, 0.3) is 0 Å². The minimum atomic E-state index is -0.693. The van der Waals surface area contributed by atoms with Gasteiger partial charge in [-0.3, -0.25) is 0 Å². The summed E-state index contributed by atoms with van der Waals surface area (Å²) in [6, 6.07) is 9.34. The lowest BCUT2D eigenvalue weighted by atomic mass is 9.96. The van der Waals surface area contributed by atoms with Gasteiger partial charge in [0.1, 0.15) is 6.10 Å². The molecular formula is C15H13Cl2IO. The standard InChI is InChI=1S/C15H13Cl2IO/c1-8-6-13(17)9(2)5-11(8)15(19)12-7-10(16)3-4-14(12)18/h3-7,15,19H,1-2H3. The van der Waals surface area contributed by atoms with Crippen LogP contribution >= 0.6 is 45.8 Å². The summed E-state index contributed by atoms with van der Waals surface area (Å²) in [6.07, 6.45) is -0.693. The molecule has 2 rings (SSSR count). The van der Waals surface area contributed by atoms with Crippen molar-refractivity contribution in [3.05, 3.63) is 66.2 Å². The molecule has 1 atom stereocenters. The molecule has 0 aromatic heterocycles. The molecule has 2 aromatic rings. The molecule has 4 heteroatoms. The number of halogens is 3. The Bertz CT molecular complexity index is 626. The summed E-state index contributed by atoms with van der Waals surface area (Å²) in [5.41, 5.74) is 3.61. The van der Waals surface area contributed by atoms with E-state index in [1.54, 1.807) is 6.07 Å². The van der Waals surface area contributed by atoms with Gasteiger partial charge >= 0.3 is 0 Å². The van der Waals surface area contributed by atoms with E-state index in [2.05, 4.69) is 22.6 Å². The Morgan fingerprint density at radius 1 is 1.00 bits per heavy atom. The second kappa shape index (κ2) is 6.00. The molecule has 19 heavy (non-hydrogen) atoms. The van der Waals surface area contributed by atoms with Crippen LogP contribution in [0.15, 0.2) is 30.3 Å². The third kappa shape index (κ3) is 3.24. The maximum absolute atomic E-state index is 10.6. The normalized spacial score (nSPS) is 12.5. The van der Waals surface area contributed by atoms with Crippen molar-refractivity contribution in [1.29, 1.82) is 0 Å². The number of benzene rings is 2. The van der Waals surface area contributed by atoms with Crippen molar-refractivity contribution in [3.63, 3.8) is 0 Å². The van der Waals surface area contributed by atoms with Gasteiger partial charge in [-0.05, 0) is 83.0 Å². The molecule has 0 spiro atoms. The van der Waals surface area contributed by atoms with Gasteiger partial charge in [0.15, 0.2) is 0 Å². The molecule has 0 saturated heterocycles. The lowest BCUT2D eigenvalue weighted by Crippen LogP contribution is -2.05. The number of hydrogen-bond donors (Lipinski definition) is 1. The fourth-order valence-electron chi connectivity index (χ4n) is 1.99. The van der Waals surface area contributed by atoms with Gasteiger partial charge in [-0.1, -0.05) is 29.3 Å². The number of hydrogen-bond acceptors (Lipinski definition) is 1. The molecule has 0 aliphatic rings. The van der Waals surface area contributed by atoms with Crippen LogP contribution in [-0.2, 0) is 0 Å². The topological polar surface area (TPSA) is 20.2 Å². The first kappa shape index (κ1) is 15.1. The summed E-state index contributed by atoms with van der Waals surface area (Å²) in [6.45, 7) is 3.88. The van der Waals surface area contributed by atoms with Crippen molar-refractivity contribution < 1.29 is 5.11 Å². The first-order valence-electron chi connectivity index (χ1n) is 5.80. The number of aryl methyl sites for hydroxylation is 2. The first-order chi connectivity index (χ1) is 8.90. The third-order valence-electron chi connectivity index (χ3n) is 3.09. The Kier molecular flexibility index (Phi) is 4.77. The van der Waals surface area contributed by atoms with Crippen LogP contribution in [0.3, 0.4) is 0 Å². The smallest absolute Gasteiger partial charge is 0.105 e. The molecule has 1 unspecified atom stereocenters. The van der Waals surface area contributed by atoms with Crippen LogP contribution in [0, 0.1) is 17.4 Å². The van der Waals surface area contributed by atoms with E-state index in [1.807, 2.05) is 38.1 Å². The van der Waals surface area contributed by atoms with Crippen LogP contribution in [0.5, 0.6) is 0 Å². The van der Waals surface area contributed by atoms with E-state index in [4.69, 9.17) is 23.2 Å². The highest BCUT2D eigenvalue weighted by molar-refractivity contribution is 14.1. The summed E-state index contributed by atoms with van der Waals surface area (Å²) >= 11 is 14.3. The SMILES string of the molecule is Cc1cc(C(O)c2cc(Cl)ccc2I)c(C)cc1Cl. The quantitative estimate of drug-likeness (QED) is 0.671. The van der Waals surface area contributed by atoms with E-state index in [1.165, 1.54) is 0 Å². The zero-order valence-corrected chi connectivity index (χ0v) is 14.2. The molecule has 1 nitrogen and oxygen atoms in total. The fraction of sp³-hybridized carbons (Fsp3) is 0.200. The van der Waals surface area contributed by atoms with Gasteiger partial charge in [0, 0.05) is 13.6 Å². The molecule has 0 amide bonds. The Morgan fingerprint density at radius 2 is 1.68 bits per heavy atom. The number of aliphatic hydroxyl groups is 1. The Morgan fingerprint density at radius 3 is 2.37 bits per heavy atom. The molecule has 0 fully saturated rings. The van der Waals surface area contributed by atoms with E-state index >= 15 is 0 Å². The van der Waals surface area contributed by atoms with E-state index in [9.17, 15) is 5.11 Å². The summed E-state index contributed by atoms with van der Waals surface area (Å²) in [5.74, 6) is 0. The lowest BCUT2D eigenvalue weighted by molar-refractivity contribution is 0.218. The molecule has 0 aliphatic carbocycles. The highest BCUT2D eigenvalue weighted by Gasteiger charge is 2.17. The van der Waals surface area contributed by atoms with Crippen molar-refractivity contribution in [2.45, 2.75) is 20.0 Å². The molecule has 2 aromatic carbocycles. The van der Waals surface area contributed by atoms with Crippen molar-refractivity contribution >= 4 is 45.8 Å². The van der Waals surface area contributed by atoms with E-state index in [-0.39, 0.29) is 0 Å². The van der Waals surface area contributed by atoms with Crippen LogP contribution < -0.4 is 0 Å². The zero-order chi connectivity index (χ0) is 14.2. The van der Waals surface area contributed by atoms with Crippen LogP contribution in [-0.4, -0.2) is 5.11 Å². The largest absolute Gasteiger partial charge is 0.384 e. The summed E-state index contributed by atoms with van der Waals surface area (Å²) in [5, 5.41) is 11.9. The molecule has 0 aliphatic heterocycles. The third-order valence-corrected chi connectivity index (χ3v) is 4.72. The van der Waals surface area contributed by atoms with Gasteiger partial charge in [-0.2, -0.15) is 0 Å². The molecule has 0 bridgehead atoms. The summed E-state index contributed by atoms with van der Waals surface area (Å²) < 4.78 is 0.988. The fourth-order valence-corrected chi connectivity index (χ4v) is 3.02. The van der Waals surface area contributed by atoms with Gasteiger partial charge in [-0.15, -0.1) is 0 Å². The van der Waals surface area contributed by atoms with E-state index < -0.39 is 6.10 Å². The van der Waals surface area contributed by atoms with Gasteiger partial charge < -0.3 is 5.11 Å². The predicted octanol–water partition coefficient (Wildman–Crippen LogP) is 5.30. The maximum atomic E-state index is 10.6. The Labute approximate surface area is 136 Å².